The summed E-state index contributed by atoms with van der Waals surface area (Å²) in [5.74, 6) is 0.209. The first kappa shape index (κ1) is 18.3. The van der Waals surface area contributed by atoms with Gasteiger partial charge in [-0.1, -0.05) is 18.7 Å². The molecular formula is C17H20N2O4S2. The SMILES string of the molecule is CC1CCN(SC(=O)SCC(=O)c2ccc3oc(=O)n(C)c3c2)CC1. The van der Waals surface area contributed by atoms with Crippen molar-refractivity contribution in [2.75, 3.05) is 18.8 Å². The van der Waals surface area contributed by atoms with Gasteiger partial charge in [0.05, 0.1) is 11.3 Å². The van der Waals surface area contributed by atoms with Gasteiger partial charge in [-0.25, -0.2) is 9.10 Å². The minimum absolute atomic E-state index is 0.0558. The first-order chi connectivity index (χ1) is 11.9. The molecule has 2 heterocycles. The van der Waals surface area contributed by atoms with E-state index in [9.17, 15) is 14.4 Å². The second-order valence-corrected chi connectivity index (χ2v) is 8.55. The Kier molecular flexibility index (Phi) is 5.71. The van der Waals surface area contributed by atoms with E-state index >= 15 is 0 Å². The van der Waals surface area contributed by atoms with E-state index in [1.165, 1.54) is 16.5 Å². The summed E-state index contributed by atoms with van der Waals surface area (Å²) in [5, 5.41) is 0. The van der Waals surface area contributed by atoms with E-state index < -0.39 is 5.76 Å². The number of Topliss-reactive ketones (excluding diaryl/α,β-unsaturated/α-hetero) is 1. The molecule has 6 nitrogen and oxygen atoms in total. The third kappa shape index (κ3) is 4.37. The lowest BCUT2D eigenvalue weighted by molar-refractivity contribution is 0.102. The molecule has 0 saturated carbocycles. The fourth-order valence-corrected chi connectivity index (χ4v) is 4.44. The zero-order valence-electron chi connectivity index (χ0n) is 14.2. The Bertz CT molecular complexity index is 850. The van der Waals surface area contributed by atoms with Crippen LogP contribution >= 0.6 is 23.7 Å². The van der Waals surface area contributed by atoms with Gasteiger partial charge in [0, 0.05) is 37.6 Å². The van der Waals surface area contributed by atoms with E-state index in [2.05, 4.69) is 11.2 Å². The zero-order chi connectivity index (χ0) is 18.0. The molecule has 0 atom stereocenters. The predicted octanol–water partition coefficient (Wildman–Crippen LogP) is 3.55. The molecule has 1 aromatic carbocycles. The van der Waals surface area contributed by atoms with E-state index in [4.69, 9.17) is 4.42 Å². The topological polar surface area (TPSA) is 72.5 Å². The molecule has 1 aliphatic heterocycles. The highest BCUT2D eigenvalue weighted by molar-refractivity contribution is 8.37. The number of hydrogen-bond acceptors (Lipinski definition) is 7. The lowest BCUT2D eigenvalue weighted by atomic mass is 10.0. The van der Waals surface area contributed by atoms with Crippen molar-refractivity contribution in [2.24, 2.45) is 13.0 Å². The Morgan fingerprint density at radius 1 is 1.28 bits per heavy atom. The number of rotatable bonds is 4. The van der Waals surface area contributed by atoms with Crippen LogP contribution in [0.4, 0.5) is 4.79 Å². The van der Waals surface area contributed by atoms with Crippen LogP contribution in [-0.4, -0.2) is 37.9 Å². The Morgan fingerprint density at radius 3 is 2.72 bits per heavy atom. The molecule has 1 saturated heterocycles. The molecule has 2 aromatic rings. The standard InChI is InChI=1S/C17H20N2O4S2/c1-11-5-7-19(8-6-11)25-17(22)24-10-14(20)12-3-4-15-13(9-12)18(2)16(21)23-15/h3-4,9,11H,5-8,10H2,1-2H3. The maximum Gasteiger partial charge on any atom is 0.419 e. The number of carbonyl (C=O) groups is 2. The van der Waals surface area contributed by atoms with Crippen LogP contribution in [0, 0.1) is 5.92 Å². The number of nitrogens with zero attached hydrogens (tertiary/aromatic N) is 2. The summed E-state index contributed by atoms with van der Waals surface area (Å²) < 4.78 is 8.43. The molecule has 0 unspecified atom stereocenters. The highest BCUT2D eigenvalue weighted by Gasteiger charge is 2.20. The summed E-state index contributed by atoms with van der Waals surface area (Å²) in [5.41, 5.74) is 1.49. The number of hydrogen-bond donors (Lipinski definition) is 0. The minimum Gasteiger partial charge on any atom is -0.408 e. The van der Waals surface area contributed by atoms with Gasteiger partial charge in [0.2, 0.25) is 0 Å². The van der Waals surface area contributed by atoms with Gasteiger partial charge in [-0.3, -0.25) is 14.2 Å². The molecule has 134 valence electrons. The van der Waals surface area contributed by atoms with Gasteiger partial charge < -0.3 is 4.42 Å². The molecule has 0 amide bonds. The maximum absolute atomic E-state index is 12.3. The van der Waals surface area contributed by atoms with E-state index in [0.29, 0.717) is 16.7 Å². The highest BCUT2D eigenvalue weighted by atomic mass is 32.2. The number of aryl methyl sites for hydroxylation is 1. The van der Waals surface area contributed by atoms with Crippen molar-refractivity contribution in [1.82, 2.24) is 8.87 Å². The number of ketones is 1. The van der Waals surface area contributed by atoms with Crippen molar-refractivity contribution < 1.29 is 14.0 Å². The average molecular weight is 380 g/mol. The van der Waals surface area contributed by atoms with E-state index in [1.54, 1.807) is 25.2 Å². The third-order valence-corrected chi connectivity index (χ3v) is 6.37. The van der Waals surface area contributed by atoms with Gasteiger partial charge in [0.15, 0.2) is 11.4 Å². The molecular weight excluding hydrogens is 360 g/mol. The number of aromatic nitrogens is 1. The van der Waals surface area contributed by atoms with Crippen molar-refractivity contribution in [2.45, 2.75) is 19.8 Å². The van der Waals surface area contributed by atoms with Crippen molar-refractivity contribution in [3.8, 4) is 0 Å². The summed E-state index contributed by atoms with van der Waals surface area (Å²) in [7, 11) is 1.59. The normalized spacial score (nSPS) is 16.4. The lowest BCUT2D eigenvalue weighted by Crippen LogP contribution is -2.28. The smallest absolute Gasteiger partial charge is 0.408 e. The molecule has 8 heteroatoms. The first-order valence-corrected chi connectivity index (χ1v) is 9.92. The fourth-order valence-electron chi connectivity index (χ4n) is 2.72. The molecule has 0 bridgehead atoms. The Balaban J connectivity index is 1.56. The third-order valence-electron chi connectivity index (χ3n) is 4.38. The second kappa shape index (κ2) is 7.80. The number of oxazole rings is 1. The highest BCUT2D eigenvalue weighted by Crippen LogP contribution is 2.27. The minimum atomic E-state index is -0.462. The number of thioether (sulfide) groups is 1. The van der Waals surface area contributed by atoms with Gasteiger partial charge in [0.1, 0.15) is 0 Å². The number of fused-ring (bicyclic) bond motifs is 1. The van der Waals surface area contributed by atoms with Crippen molar-refractivity contribution >= 4 is 45.0 Å². The average Bonchev–Trinajstić information content (AvgIpc) is 2.89. The van der Waals surface area contributed by atoms with E-state index in [0.717, 1.165) is 43.6 Å². The van der Waals surface area contributed by atoms with Crippen molar-refractivity contribution in [1.29, 1.82) is 0 Å². The fraction of sp³-hybridized carbons (Fsp3) is 0.471. The zero-order valence-corrected chi connectivity index (χ0v) is 15.8. The molecule has 1 aliphatic rings. The second-order valence-electron chi connectivity index (χ2n) is 6.27. The maximum atomic E-state index is 12.3. The number of carbonyl (C=O) groups excluding carboxylic acids is 2. The Hall–Kier alpha value is -1.51. The van der Waals surface area contributed by atoms with Crippen LogP contribution in [0.1, 0.15) is 30.1 Å². The number of piperidine rings is 1. The lowest BCUT2D eigenvalue weighted by Gasteiger charge is -2.27. The van der Waals surface area contributed by atoms with Crippen LogP contribution in [0.5, 0.6) is 0 Å². The Morgan fingerprint density at radius 2 is 2.00 bits per heavy atom. The van der Waals surface area contributed by atoms with Crippen LogP contribution in [0.3, 0.4) is 0 Å². The van der Waals surface area contributed by atoms with Gasteiger partial charge in [0.25, 0.3) is 4.45 Å². The largest absolute Gasteiger partial charge is 0.419 e. The molecule has 0 spiro atoms. The molecule has 1 aromatic heterocycles. The van der Waals surface area contributed by atoms with Crippen LogP contribution in [0.2, 0.25) is 0 Å². The molecule has 0 N–H and O–H groups in total. The van der Waals surface area contributed by atoms with Crippen LogP contribution in [0.25, 0.3) is 11.1 Å². The molecule has 0 aliphatic carbocycles. The monoisotopic (exact) mass is 380 g/mol. The summed E-state index contributed by atoms with van der Waals surface area (Å²) in [4.78, 5) is 35.9. The van der Waals surface area contributed by atoms with Crippen molar-refractivity contribution in [3.05, 3.63) is 34.3 Å². The van der Waals surface area contributed by atoms with Crippen LogP contribution < -0.4 is 5.76 Å². The van der Waals surface area contributed by atoms with Crippen LogP contribution in [-0.2, 0) is 7.05 Å². The van der Waals surface area contributed by atoms with E-state index in [-0.39, 0.29) is 16.0 Å². The van der Waals surface area contributed by atoms with Gasteiger partial charge >= 0.3 is 5.76 Å². The van der Waals surface area contributed by atoms with Gasteiger partial charge in [-0.05, 0) is 37.0 Å². The first-order valence-electron chi connectivity index (χ1n) is 8.16. The molecule has 25 heavy (non-hydrogen) atoms. The van der Waals surface area contributed by atoms with Gasteiger partial charge in [-0.2, -0.15) is 0 Å². The summed E-state index contributed by atoms with van der Waals surface area (Å²) in [6, 6.07) is 4.87. The predicted molar refractivity (Wildman–Crippen MR) is 101 cm³/mol. The summed E-state index contributed by atoms with van der Waals surface area (Å²) in [6.45, 7) is 4.05. The molecule has 1 fully saturated rings. The quantitative estimate of drug-likeness (QED) is 0.593. The molecule has 3 rings (SSSR count). The van der Waals surface area contributed by atoms with Crippen molar-refractivity contribution in [3.63, 3.8) is 0 Å². The van der Waals surface area contributed by atoms with Gasteiger partial charge in [-0.15, -0.1) is 0 Å². The molecule has 0 radical (unpaired) electrons. The number of benzene rings is 1. The summed E-state index contributed by atoms with van der Waals surface area (Å²) in [6.07, 6.45) is 2.21. The van der Waals surface area contributed by atoms with Crippen LogP contribution in [0.15, 0.2) is 27.4 Å². The summed E-state index contributed by atoms with van der Waals surface area (Å²) >= 11 is 2.24. The van der Waals surface area contributed by atoms with E-state index in [1.807, 2.05) is 0 Å². The Labute approximate surface area is 154 Å².